The fourth-order valence-corrected chi connectivity index (χ4v) is 2.23. The van der Waals surface area contributed by atoms with Gasteiger partial charge in [0.05, 0.1) is 12.1 Å². The summed E-state index contributed by atoms with van der Waals surface area (Å²) in [6.07, 6.45) is 1.43. The molecule has 1 unspecified atom stereocenters. The van der Waals surface area contributed by atoms with Gasteiger partial charge < -0.3 is 15.4 Å². The summed E-state index contributed by atoms with van der Waals surface area (Å²) in [7, 11) is 0. The zero-order valence-electron chi connectivity index (χ0n) is 12.3. The quantitative estimate of drug-likeness (QED) is 0.879. The molecule has 21 heavy (non-hydrogen) atoms. The molecule has 0 bridgehead atoms. The number of carbonyl (C=O) groups excluding carboxylic acids is 1. The first-order valence-electron chi connectivity index (χ1n) is 7.08. The van der Waals surface area contributed by atoms with Crippen molar-refractivity contribution < 1.29 is 18.3 Å². The summed E-state index contributed by atoms with van der Waals surface area (Å²) < 4.78 is 33.0. The maximum absolute atomic E-state index is 13.9. The van der Waals surface area contributed by atoms with Crippen molar-refractivity contribution in [1.82, 2.24) is 5.32 Å². The van der Waals surface area contributed by atoms with Crippen LogP contribution in [0.1, 0.15) is 37.0 Å². The van der Waals surface area contributed by atoms with E-state index in [9.17, 15) is 13.6 Å². The maximum Gasteiger partial charge on any atom is 0.251 e. The third-order valence-corrected chi connectivity index (χ3v) is 3.49. The smallest absolute Gasteiger partial charge is 0.251 e. The minimum Gasteiger partial charge on any atom is -0.380 e. The van der Waals surface area contributed by atoms with Crippen LogP contribution in [-0.4, -0.2) is 31.2 Å². The van der Waals surface area contributed by atoms with E-state index in [2.05, 4.69) is 10.6 Å². The first kappa shape index (κ1) is 15.7. The Bertz CT molecular complexity index is 505. The minimum absolute atomic E-state index is 0.0276. The van der Waals surface area contributed by atoms with Crippen molar-refractivity contribution in [2.24, 2.45) is 0 Å². The maximum atomic E-state index is 13.9. The molecule has 1 heterocycles. The van der Waals surface area contributed by atoms with Gasteiger partial charge in [0.15, 0.2) is 0 Å². The second kappa shape index (κ2) is 6.39. The Hall–Kier alpha value is -1.69. The molecule has 1 atom stereocenters. The van der Waals surface area contributed by atoms with Crippen LogP contribution in [-0.2, 0) is 4.74 Å². The molecule has 6 heteroatoms. The van der Waals surface area contributed by atoms with Crippen LogP contribution in [0.3, 0.4) is 0 Å². The number of carbonyl (C=O) groups is 1. The molecule has 116 valence electrons. The second-order valence-corrected chi connectivity index (χ2v) is 5.56. The molecular weight excluding hydrogens is 278 g/mol. The Balaban J connectivity index is 2.14. The highest BCUT2D eigenvalue weighted by Gasteiger charge is 2.31. The molecule has 1 aromatic rings. The van der Waals surface area contributed by atoms with Gasteiger partial charge in [-0.2, -0.15) is 0 Å². The van der Waals surface area contributed by atoms with E-state index in [-0.39, 0.29) is 11.3 Å². The molecule has 0 aromatic heterocycles. The zero-order chi connectivity index (χ0) is 15.5. The van der Waals surface area contributed by atoms with Gasteiger partial charge in [-0.25, -0.2) is 8.78 Å². The highest BCUT2D eigenvalue weighted by Crippen LogP contribution is 2.22. The lowest BCUT2D eigenvalue weighted by atomic mass is 10.0. The van der Waals surface area contributed by atoms with E-state index in [1.54, 1.807) is 0 Å². The molecule has 1 aliphatic heterocycles. The number of benzene rings is 1. The van der Waals surface area contributed by atoms with Crippen LogP contribution >= 0.6 is 0 Å². The van der Waals surface area contributed by atoms with Crippen molar-refractivity contribution in [1.29, 1.82) is 0 Å². The van der Waals surface area contributed by atoms with Crippen LogP contribution < -0.4 is 10.6 Å². The summed E-state index contributed by atoms with van der Waals surface area (Å²) >= 11 is 0. The van der Waals surface area contributed by atoms with E-state index in [0.29, 0.717) is 26.2 Å². The number of rotatable bonds is 5. The molecule has 0 aliphatic carbocycles. The van der Waals surface area contributed by atoms with Gasteiger partial charge in [0.1, 0.15) is 17.3 Å². The van der Waals surface area contributed by atoms with E-state index in [4.69, 9.17) is 4.74 Å². The number of hydrogen-bond donors (Lipinski definition) is 2. The van der Waals surface area contributed by atoms with Gasteiger partial charge in [-0.3, -0.25) is 4.79 Å². The average molecular weight is 298 g/mol. The largest absolute Gasteiger partial charge is 0.380 e. The molecule has 1 aliphatic rings. The first-order valence-corrected chi connectivity index (χ1v) is 7.08. The van der Waals surface area contributed by atoms with Crippen LogP contribution in [0.5, 0.6) is 0 Å². The Morgan fingerprint density at radius 2 is 2.05 bits per heavy atom. The highest BCUT2D eigenvalue weighted by atomic mass is 19.1. The Morgan fingerprint density at radius 1 is 1.38 bits per heavy atom. The standard InChI is InChI=1S/C15H20F2N2O2/c1-3-5-18-13-11(16)7-10(8-12(13)17)14(20)19-15(2)4-6-21-9-15/h7-8,18H,3-6,9H2,1-2H3,(H,19,20). The van der Waals surface area contributed by atoms with E-state index >= 15 is 0 Å². The predicted octanol–water partition coefficient (Wildman–Crippen LogP) is 2.70. The molecule has 1 aromatic carbocycles. The van der Waals surface area contributed by atoms with Crippen molar-refractivity contribution in [3.05, 3.63) is 29.3 Å². The van der Waals surface area contributed by atoms with Crippen LogP contribution in [0.4, 0.5) is 14.5 Å². The Kier molecular flexibility index (Phi) is 4.77. The van der Waals surface area contributed by atoms with Gasteiger partial charge in [0.25, 0.3) is 5.91 Å². The Morgan fingerprint density at radius 3 is 2.57 bits per heavy atom. The molecule has 0 spiro atoms. The summed E-state index contributed by atoms with van der Waals surface area (Å²) in [5.74, 6) is -2.02. The lowest BCUT2D eigenvalue weighted by molar-refractivity contribution is 0.0889. The molecule has 2 rings (SSSR count). The lowest BCUT2D eigenvalue weighted by Crippen LogP contribution is -2.46. The number of ether oxygens (including phenoxy) is 1. The minimum atomic E-state index is -0.763. The SMILES string of the molecule is CCCNc1c(F)cc(C(=O)NC2(C)CCOC2)cc1F. The summed E-state index contributed by atoms with van der Waals surface area (Å²) in [5, 5.41) is 5.45. The predicted molar refractivity (Wildman–Crippen MR) is 76.4 cm³/mol. The van der Waals surface area contributed by atoms with Gasteiger partial charge in [-0.15, -0.1) is 0 Å². The molecule has 4 nitrogen and oxygen atoms in total. The monoisotopic (exact) mass is 298 g/mol. The summed E-state index contributed by atoms with van der Waals surface area (Å²) in [4.78, 5) is 12.1. The molecule has 0 radical (unpaired) electrons. The van der Waals surface area contributed by atoms with Gasteiger partial charge in [-0.05, 0) is 31.9 Å². The van der Waals surface area contributed by atoms with Crippen molar-refractivity contribution in [2.45, 2.75) is 32.2 Å². The third kappa shape index (κ3) is 3.69. The number of nitrogens with one attached hydrogen (secondary N) is 2. The third-order valence-electron chi connectivity index (χ3n) is 3.49. The number of hydrogen-bond acceptors (Lipinski definition) is 3. The fourth-order valence-electron chi connectivity index (χ4n) is 2.23. The van der Waals surface area contributed by atoms with Gasteiger partial charge >= 0.3 is 0 Å². The van der Waals surface area contributed by atoms with Crippen molar-refractivity contribution in [3.63, 3.8) is 0 Å². The molecule has 1 amide bonds. The van der Waals surface area contributed by atoms with E-state index in [1.165, 1.54) is 0 Å². The lowest BCUT2D eigenvalue weighted by Gasteiger charge is -2.23. The summed E-state index contributed by atoms with van der Waals surface area (Å²) in [6.45, 7) is 5.19. The second-order valence-electron chi connectivity index (χ2n) is 5.56. The molecule has 0 saturated carbocycles. The van der Waals surface area contributed by atoms with Crippen LogP contribution in [0.25, 0.3) is 0 Å². The van der Waals surface area contributed by atoms with Gasteiger partial charge in [0.2, 0.25) is 0 Å². The van der Waals surface area contributed by atoms with E-state index in [1.807, 2.05) is 13.8 Å². The van der Waals surface area contributed by atoms with E-state index < -0.39 is 23.1 Å². The van der Waals surface area contributed by atoms with Crippen molar-refractivity contribution in [2.75, 3.05) is 25.1 Å². The van der Waals surface area contributed by atoms with Gasteiger partial charge in [-0.1, -0.05) is 6.92 Å². The highest BCUT2D eigenvalue weighted by molar-refractivity contribution is 5.95. The molecular formula is C15H20F2N2O2. The normalized spacial score (nSPS) is 21.3. The van der Waals surface area contributed by atoms with Crippen LogP contribution in [0.15, 0.2) is 12.1 Å². The molecule has 2 N–H and O–H groups in total. The molecule has 1 saturated heterocycles. The average Bonchev–Trinajstić information content (AvgIpc) is 2.84. The number of halogens is 2. The van der Waals surface area contributed by atoms with E-state index in [0.717, 1.165) is 18.6 Å². The fraction of sp³-hybridized carbons (Fsp3) is 0.533. The molecule has 1 fully saturated rings. The zero-order valence-corrected chi connectivity index (χ0v) is 12.3. The first-order chi connectivity index (χ1) is 9.95. The summed E-state index contributed by atoms with van der Waals surface area (Å²) in [6, 6.07) is 2.10. The topological polar surface area (TPSA) is 50.4 Å². The summed E-state index contributed by atoms with van der Waals surface area (Å²) in [5.41, 5.74) is -0.702. The van der Waals surface area contributed by atoms with Crippen LogP contribution in [0, 0.1) is 11.6 Å². The van der Waals surface area contributed by atoms with Crippen molar-refractivity contribution >= 4 is 11.6 Å². The number of anilines is 1. The van der Waals surface area contributed by atoms with Crippen molar-refractivity contribution in [3.8, 4) is 0 Å². The van der Waals surface area contributed by atoms with Crippen LogP contribution in [0.2, 0.25) is 0 Å². The van der Waals surface area contributed by atoms with Gasteiger partial charge in [0, 0.05) is 18.7 Å². The Labute approximate surface area is 122 Å². The number of amides is 1.